The highest BCUT2D eigenvalue weighted by Crippen LogP contribution is 2.20. The van der Waals surface area contributed by atoms with Crippen LogP contribution in [0.5, 0.6) is 0 Å². The van der Waals surface area contributed by atoms with E-state index >= 15 is 0 Å². The van der Waals surface area contributed by atoms with Crippen LogP contribution in [0, 0.1) is 0 Å². The molecule has 136 valence electrons. The molecule has 1 unspecified atom stereocenters. The second-order valence-corrected chi connectivity index (χ2v) is 7.13. The van der Waals surface area contributed by atoms with Crippen LogP contribution in [0.4, 0.5) is 5.69 Å². The molecule has 0 amide bonds. The van der Waals surface area contributed by atoms with Gasteiger partial charge in [-0.1, -0.05) is 31.2 Å². The van der Waals surface area contributed by atoms with Gasteiger partial charge in [0.05, 0.1) is 0 Å². The molecule has 1 saturated heterocycles. The van der Waals surface area contributed by atoms with Gasteiger partial charge in [-0.3, -0.25) is 4.99 Å². The number of thiophene rings is 1. The Morgan fingerprint density at radius 1 is 1.12 bits per heavy atom. The standard InChI is InChI=1S/C19H26N4S.HI/c1-16(18-9-6-14-24-18)15-21-19(20-2)23-12-10-22(11-13-23)17-7-4-3-5-8-17;/h3-9,14,16H,10-13,15H2,1-2H3,(H,20,21);1H. The maximum atomic E-state index is 4.48. The first-order chi connectivity index (χ1) is 11.8. The molecule has 0 aliphatic carbocycles. The van der Waals surface area contributed by atoms with E-state index in [1.807, 2.05) is 18.4 Å². The lowest BCUT2D eigenvalue weighted by atomic mass is 10.1. The zero-order chi connectivity index (χ0) is 16.8. The predicted octanol–water partition coefficient (Wildman–Crippen LogP) is 3.87. The van der Waals surface area contributed by atoms with Crippen molar-refractivity contribution in [3.8, 4) is 0 Å². The van der Waals surface area contributed by atoms with Gasteiger partial charge in [0, 0.05) is 56.3 Å². The van der Waals surface area contributed by atoms with E-state index in [0.717, 1.165) is 38.7 Å². The van der Waals surface area contributed by atoms with Crippen LogP contribution in [0.3, 0.4) is 0 Å². The lowest BCUT2D eigenvalue weighted by Crippen LogP contribution is -2.53. The molecule has 3 rings (SSSR count). The molecule has 1 atom stereocenters. The van der Waals surface area contributed by atoms with Gasteiger partial charge >= 0.3 is 0 Å². The molecule has 2 aromatic rings. The van der Waals surface area contributed by atoms with Crippen molar-refractivity contribution in [2.24, 2.45) is 4.99 Å². The molecule has 0 saturated carbocycles. The summed E-state index contributed by atoms with van der Waals surface area (Å²) in [6, 6.07) is 15.0. The van der Waals surface area contributed by atoms with E-state index < -0.39 is 0 Å². The van der Waals surface area contributed by atoms with Gasteiger partial charge < -0.3 is 15.1 Å². The van der Waals surface area contributed by atoms with E-state index in [2.05, 4.69) is 74.9 Å². The number of piperazine rings is 1. The number of aliphatic imine (C=N–C) groups is 1. The van der Waals surface area contributed by atoms with Crippen molar-refractivity contribution in [3.63, 3.8) is 0 Å². The van der Waals surface area contributed by atoms with Crippen LogP contribution in [0.1, 0.15) is 17.7 Å². The highest BCUT2D eigenvalue weighted by Gasteiger charge is 2.20. The first-order valence-electron chi connectivity index (χ1n) is 8.57. The number of rotatable bonds is 4. The minimum Gasteiger partial charge on any atom is -0.368 e. The summed E-state index contributed by atoms with van der Waals surface area (Å²) in [5, 5.41) is 5.69. The second-order valence-electron chi connectivity index (χ2n) is 6.15. The highest BCUT2D eigenvalue weighted by atomic mass is 127. The number of para-hydroxylation sites is 1. The van der Waals surface area contributed by atoms with Crippen LogP contribution < -0.4 is 10.2 Å². The molecular weight excluding hydrogens is 443 g/mol. The first kappa shape index (κ1) is 20.0. The molecule has 4 nitrogen and oxygen atoms in total. The maximum Gasteiger partial charge on any atom is 0.193 e. The van der Waals surface area contributed by atoms with E-state index in [1.165, 1.54) is 10.6 Å². The summed E-state index contributed by atoms with van der Waals surface area (Å²) in [6.45, 7) is 7.26. The molecule has 1 aromatic heterocycles. The van der Waals surface area contributed by atoms with Crippen LogP contribution >= 0.6 is 35.3 Å². The largest absolute Gasteiger partial charge is 0.368 e. The zero-order valence-corrected chi connectivity index (χ0v) is 18.0. The summed E-state index contributed by atoms with van der Waals surface area (Å²) in [4.78, 5) is 10.7. The number of halogens is 1. The van der Waals surface area contributed by atoms with Gasteiger partial charge in [0.25, 0.3) is 0 Å². The molecule has 1 aliphatic rings. The minimum absolute atomic E-state index is 0. The van der Waals surface area contributed by atoms with E-state index in [-0.39, 0.29) is 24.0 Å². The van der Waals surface area contributed by atoms with Gasteiger partial charge in [0.15, 0.2) is 5.96 Å². The Morgan fingerprint density at radius 2 is 1.84 bits per heavy atom. The Morgan fingerprint density at radius 3 is 2.44 bits per heavy atom. The molecule has 1 N–H and O–H groups in total. The first-order valence-corrected chi connectivity index (χ1v) is 9.45. The summed E-state index contributed by atoms with van der Waals surface area (Å²) in [7, 11) is 1.88. The third kappa shape index (κ3) is 5.34. The van der Waals surface area contributed by atoms with Crippen molar-refractivity contribution in [2.45, 2.75) is 12.8 Å². The Balaban J connectivity index is 0.00000225. The number of hydrogen-bond donors (Lipinski definition) is 1. The van der Waals surface area contributed by atoms with E-state index in [1.54, 1.807) is 0 Å². The summed E-state index contributed by atoms with van der Waals surface area (Å²) >= 11 is 1.82. The van der Waals surface area contributed by atoms with Crippen LogP contribution in [0.25, 0.3) is 0 Å². The minimum atomic E-state index is 0. The molecule has 1 aliphatic heterocycles. The number of benzene rings is 1. The quantitative estimate of drug-likeness (QED) is 0.418. The van der Waals surface area contributed by atoms with Crippen molar-refractivity contribution in [3.05, 3.63) is 52.7 Å². The molecule has 1 aromatic carbocycles. The van der Waals surface area contributed by atoms with Gasteiger partial charge in [-0.05, 0) is 23.6 Å². The molecule has 25 heavy (non-hydrogen) atoms. The normalized spacial score (nSPS) is 16.3. The number of nitrogens with one attached hydrogen (secondary N) is 1. The molecule has 2 heterocycles. The molecule has 0 spiro atoms. The van der Waals surface area contributed by atoms with Gasteiger partial charge in [0.2, 0.25) is 0 Å². The molecule has 0 radical (unpaired) electrons. The number of anilines is 1. The van der Waals surface area contributed by atoms with E-state index in [9.17, 15) is 0 Å². The van der Waals surface area contributed by atoms with Gasteiger partial charge in [-0.2, -0.15) is 0 Å². The van der Waals surface area contributed by atoms with Crippen LogP contribution in [-0.4, -0.2) is 50.6 Å². The Hall–Kier alpha value is -1.28. The lowest BCUT2D eigenvalue weighted by Gasteiger charge is -2.37. The number of hydrogen-bond acceptors (Lipinski definition) is 3. The summed E-state index contributed by atoms with van der Waals surface area (Å²) in [6.07, 6.45) is 0. The molecular formula is C19H27IN4S. The summed E-state index contributed by atoms with van der Waals surface area (Å²) in [5.41, 5.74) is 1.31. The fourth-order valence-corrected chi connectivity index (χ4v) is 3.85. The topological polar surface area (TPSA) is 30.9 Å². The highest BCUT2D eigenvalue weighted by molar-refractivity contribution is 14.0. The van der Waals surface area contributed by atoms with Crippen LogP contribution in [-0.2, 0) is 0 Å². The number of guanidine groups is 1. The van der Waals surface area contributed by atoms with Crippen LogP contribution in [0.15, 0.2) is 52.8 Å². The Labute approximate surface area is 172 Å². The zero-order valence-electron chi connectivity index (χ0n) is 14.9. The molecule has 1 fully saturated rings. The van der Waals surface area contributed by atoms with Crippen molar-refractivity contribution in [2.75, 3.05) is 44.7 Å². The maximum absolute atomic E-state index is 4.48. The fraction of sp³-hybridized carbons (Fsp3) is 0.421. The Kier molecular flexibility index (Phi) is 8.02. The molecule has 0 bridgehead atoms. The summed E-state index contributed by atoms with van der Waals surface area (Å²) in [5.74, 6) is 1.53. The van der Waals surface area contributed by atoms with Crippen LogP contribution in [0.2, 0.25) is 0 Å². The third-order valence-electron chi connectivity index (χ3n) is 4.51. The number of nitrogens with zero attached hydrogens (tertiary/aromatic N) is 3. The van der Waals surface area contributed by atoms with Crippen molar-refractivity contribution in [1.82, 2.24) is 10.2 Å². The van der Waals surface area contributed by atoms with Crippen molar-refractivity contribution >= 4 is 47.0 Å². The lowest BCUT2D eigenvalue weighted by molar-refractivity contribution is 0.372. The van der Waals surface area contributed by atoms with Crippen molar-refractivity contribution in [1.29, 1.82) is 0 Å². The fourth-order valence-electron chi connectivity index (χ4n) is 3.06. The van der Waals surface area contributed by atoms with E-state index in [0.29, 0.717) is 5.92 Å². The molecule has 6 heteroatoms. The average Bonchev–Trinajstić information content (AvgIpc) is 3.18. The van der Waals surface area contributed by atoms with Gasteiger partial charge in [0.1, 0.15) is 0 Å². The van der Waals surface area contributed by atoms with Crippen molar-refractivity contribution < 1.29 is 0 Å². The monoisotopic (exact) mass is 470 g/mol. The Bertz CT molecular complexity index is 637. The van der Waals surface area contributed by atoms with E-state index in [4.69, 9.17) is 0 Å². The van der Waals surface area contributed by atoms with Gasteiger partial charge in [-0.25, -0.2) is 0 Å². The third-order valence-corrected chi connectivity index (χ3v) is 5.61. The van der Waals surface area contributed by atoms with Gasteiger partial charge in [-0.15, -0.1) is 35.3 Å². The SMILES string of the molecule is CN=C(NCC(C)c1cccs1)N1CCN(c2ccccc2)CC1.I. The smallest absolute Gasteiger partial charge is 0.193 e. The second kappa shape index (κ2) is 10.0. The average molecular weight is 470 g/mol. The summed E-state index contributed by atoms with van der Waals surface area (Å²) < 4.78 is 0. The predicted molar refractivity (Wildman–Crippen MR) is 120 cm³/mol.